The highest BCUT2D eigenvalue weighted by Gasteiger charge is 2.33. The molecule has 2 rings (SSSR count). The van der Waals surface area contributed by atoms with Crippen LogP contribution in [0.25, 0.3) is 0 Å². The largest absolute Gasteiger partial charge is 0.387 e. The van der Waals surface area contributed by atoms with Crippen LogP contribution in [0.2, 0.25) is 5.02 Å². The number of benzene rings is 2. The Kier molecular flexibility index (Phi) is 5.36. The lowest BCUT2D eigenvalue weighted by Gasteiger charge is -2.29. The molecule has 1 amide bonds. The van der Waals surface area contributed by atoms with Crippen molar-refractivity contribution in [2.45, 2.75) is 18.6 Å². The average molecular weight is 337 g/mol. The minimum atomic E-state index is -1.19. The van der Waals surface area contributed by atoms with E-state index in [0.29, 0.717) is 16.1 Å². The number of carbonyl (C=O) groups excluding carboxylic acids is 1. The van der Waals surface area contributed by atoms with Crippen molar-refractivity contribution in [3.63, 3.8) is 0 Å². The molecule has 0 aliphatic carbocycles. The maximum absolute atomic E-state index is 12.9. The standard InChI is InChI=1S/C17H18ClFN2O2/c1-17(16(20)23,12-3-2-4-13(18)9-12)21-10-15(22)11-5-7-14(19)8-6-11/h2-9,15,21-22H,10H2,1H3,(H2,20,23). The van der Waals surface area contributed by atoms with Gasteiger partial charge in [0.25, 0.3) is 0 Å². The molecule has 23 heavy (non-hydrogen) atoms. The van der Waals surface area contributed by atoms with E-state index in [1.54, 1.807) is 31.2 Å². The zero-order chi connectivity index (χ0) is 17.0. The fourth-order valence-corrected chi connectivity index (χ4v) is 2.42. The molecule has 0 fully saturated rings. The number of halogens is 2. The van der Waals surface area contributed by atoms with Crippen LogP contribution in [-0.4, -0.2) is 17.6 Å². The number of aliphatic hydroxyl groups excluding tert-OH is 1. The lowest BCUT2D eigenvalue weighted by molar-refractivity contribution is -0.124. The quantitative estimate of drug-likeness (QED) is 0.758. The van der Waals surface area contributed by atoms with E-state index < -0.39 is 17.6 Å². The number of primary amides is 1. The van der Waals surface area contributed by atoms with Crippen molar-refractivity contribution in [3.05, 3.63) is 70.5 Å². The van der Waals surface area contributed by atoms with Gasteiger partial charge in [-0.2, -0.15) is 0 Å². The molecule has 6 heteroatoms. The van der Waals surface area contributed by atoms with Gasteiger partial charge in [0.15, 0.2) is 0 Å². The number of carbonyl (C=O) groups is 1. The highest BCUT2D eigenvalue weighted by Crippen LogP contribution is 2.24. The van der Waals surface area contributed by atoms with Gasteiger partial charge in [0.05, 0.1) is 6.10 Å². The minimum absolute atomic E-state index is 0.0670. The first-order valence-electron chi connectivity index (χ1n) is 7.07. The van der Waals surface area contributed by atoms with E-state index in [9.17, 15) is 14.3 Å². The van der Waals surface area contributed by atoms with E-state index in [0.717, 1.165) is 0 Å². The van der Waals surface area contributed by atoms with Crippen molar-refractivity contribution in [1.29, 1.82) is 0 Å². The SMILES string of the molecule is CC(NCC(O)c1ccc(F)cc1)(C(N)=O)c1cccc(Cl)c1. The average Bonchev–Trinajstić information content (AvgIpc) is 2.52. The Morgan fingerprint density at radius 3 is 2.57 bits per heavy atom. The van der Waals surface area contributed by atoms with Gasteiger partial charge in [-0.1, -0.05) is 35.9 Å². The number of amides is 1. The van der Waals surface area contributed by atoms with Crippen LogP contribution in [-0.2, 0) is 10.3 Å². The molecule has 0 spiro atoms. The van der Waals surface area contributed by atoms with Crippen molar-refractivity contribution in [2.24, 2.45) is 5.73 Å². The second-order valence-electron chi connectivity index (χ2n) is 5.45. The molecule has 0 radical (unpaired) electrons. The number of nitrogens with one attached hydrogen (secondary N) is 1. The van der Waals surface area contributed by atoms with Crippen LogP contribution in [0.1, 0.15) is 24.2 Å². The fourth-order valence-electron chi connectivity index (χ4n) is 2.23. The topological polar surface area (TPSA) is 75.3 Å². The molecule has 0 aliphatic rings. The predicted molar refractivity (Wildman–Crippen MR) is 87.4 cm³/mol. The van der Waals surface area contributed by atoms with Crippen LogP contribution >= 0.6 is 11.6 Å². The van der Waals surface area contributed by atoms with Crippen molar-refractivity contribution in [3.8, 4) is 0 Å². The third-order valence-corrected chi connectivity index (χ3v) is 4.03. The Balaban J connectivity index is 2.16. The van der Waals surface area contributed by atoms with Crippen molar-refractivity contribution >= 4 is 17.5 Å². The summed E-state index contributed by atoms with van der Waals surface area (Å²) in [7, 11) is 0. The van der Waals surface area contributed by atoms with Crippen LogP contribution in [0.15, 0.2) is 48.5 Å². The van der Waals surface area contributed by atoms with Crippen LogP contribution in [0, 0.1) is 5.82 Å². The van der Waals surface area contributed by atoms with Crippen molar-refractivity contribution in [1.82, 2.24) is 5.32 Å². The summed E-state index contributed by atoms with van der Waals surface area (Å²) < 4.78 is 12.9. The molecule has 0 aliphatic heterocycles. The summed E-state index contributed by atoms with van der Waals surface area (Å²) in [5, 5.41) is 13.7. The van der Waals surface area contributed by atoms with E-state index >= 15 is 0 Å². The predicted octanol–water partition coefficient (Wildman–Crippen LogP) is 2.50. The van der Waals surface area contributed by atoms with E-state index in [2.05, 4.69) is 5.32 Å². The number of rotatable bonds is 6. The van der Waals surface area contributed by atoms with Gasteiger partial charge in [0.1, 0.15) is 11.4 Å². The van der Waals surface area contributed by atoms with Crippen LogP contribution in [0.3, 0.4) is 0 Å². The van der Waals surface area contributed by atoms with Gasteiger partial charge in [-0.15, -0.1) is 0 Å². The lowest BCUT2D eigenvalue weighted by atomic mass is 9.90. The fraction of sp³-hybridized carbons (Fsp3) is 0.235. The molecule has 0 bridgehead atoms. The number of hydrogen-bond acceptors (Lipinski definition) is 3. The zero-order valence-electron chi connectivity index (χ0n) is 12.6. The van der Waals surface area contributed by atoms with Gasteiger partial charge in [-0.25, -0.2) is 4.39 Å². The van der Waals surface area contributed by atoms with Gasteiger partial charge >= 0.3 is 0 Å². The van der Waals surface area contributed by atoms with Gasteiger partial charge in [-0.05, 0) is 42.3 Å². The minimum Gasteiger partial charge on any atom is -0.387 e. The molecule has 0 saturated heterocycles. The molecule has 4 N–H and O–H groups in total. The van der Waals surface area contributed by atoms with Gasteiger partial charge in [0.2, 0.25) is 5.91 Å². The Bertz CT molecular complexity index is 693. The summed E-state index contributed by atoms with van der Waals surface area (Å²) in [6.07, 6.45) is -0.909. The van der Waals surface area contributed by atoms with Crippen LogP contribution in [0.4, 0.5) is 4.39 Å². The molecule has 122 valence electrons. The molecule has 0 aromatic heterocycles. The summed E-state index contributed by atoms with van der Waals surface area (Å²) in [5.41, 5.74) is 5.47. The van der Waals surface area contributed by atoms with Gasteiger partial charge in [-0.3, -0.25) is 10.1 Å². The Morgan fingerprint density at radius 1 is 1.35 bits per heavy atom. The highest BCUT2D eigenvalue weighted by molar-refractivity contribution is 6.30. The monoisotopic (exact) mass is 336 g/mol. The zero-order valence-corrected chi connectivity index (χ0v) is 13.3. The Hall–Kier alpha value is -1.95. The van der Waals surface area contributed by atoms with Crippen molar-refractivity contribution in [2.75, 3.05) is 6.54 Å². The van der Waals surface area contributed by atoms with Crippen LogP contribution < -0.4 is 11.1 Å². The molecule has 2 aromatic rings. The van der Waals surface area contributed by atoms with E-state index in [-0.39, 0.29) is 12.4 Å². The van der Waals surface area contributed by atoms with Gasteiger partial charge < -0.3 is 10.8 Å². The summed E-state index contributed by atoms with van der Waals surface area (Å²) in [5.74, 6) is -0.971. The lowest BCUT2D eigenvalue weighted by Crippen LogP contribution is -2.51. The first-order chi connectivity index (χ1) is 10.8. The molecular formula is C17H18ClFN2O2. The van der Waals surface area contributed by atoms with Crippen LogP contribution in [0.5, 0.6) is 0 Å². The summed E-state index contributed by atoms with van der Waals surface area (Å²) in [4.78, 5) is 11.9. The van der Waals surface area contributed by atoms with Gasteiger partial charge in [0, 0.05) is 11.6 Å². The molecule has 2 unspecified atom stereocenters. The molecular weight excluding hydrogens is 319 g/mol. The normalized spacial score (nSPS) is 15.0. The third kappa shape index (κ3) is 4.07. The molecule has 4 nitrogen and oxygen atoms in total. The summed E-state index contributed by atoms with van der Waals surface area (Å²) in [6, 6.07) is 12.3. The van der Waals surface area contributed by atoms with E-state index in [1.165, 1.54) is 24.3 Å². The second kappa shape index (κ2) is 7.08. The smallest absolute Gasteiger partial charge is 0.242 e. The first kappa shape index (κ1) is 17.4. The Labute approximate surface area is 139 Å². The number of nitrogens with two attached hydrogens (primary N) is 1. The van der Waals surface area contributed by atoms with E-state index in [4.69, 9.17) is 17.3 Å². The molecule has 2 atom stereocenters. The van der Waals surface area contributed by atoms with Crippen molar-refractivity contribution < 1.29 is 14.3 Å². The molecule has 0 heterocycles. The maximum Gasteiger partial charge on any atom is 0.242 e. The molecule has 2 aromatic carbocycles. The number of aliphatic hydroxyl groups is 1. The second-order valence-corrected chi connectivity index (χ2v) is 5.88. The Morgan fingerprint density at radius 2 is 2.00 bits per heavy atom. The molecule has 0 saturated carbocycles. The summed E-state index contributed by atoms with van der Waals surface area (Å²) >= 11 is 5.96. The first-order valence-corrected chi connectivity index (χ1v) is 7.45. The highest BCUT2D eigenvalue weighted by atomic mass is 35.5. The van der Waals surface area contributed by atoms with E-state index in [1.807, 2.05) is 0 Å². The number of hydrogen-bond donors (Lipinski definition) is 3. The summed E-state index contributed by atoms with van der Waals surface area (Å²) in [6.45, 7) is 1.69. The maximum atomic E-state index is 12.9. The third-order valence-electron chi connectivity index (χ3n) is 3.80.